The van der Waals surface area contributed by atoms with Crippen LogP contribution in [0, 0.1) is 11.3 Å². The average Bonchev–Trinajstić information content (AvgIpc) is 3.20. The van der Waals surface area contributed by atoms with E-state index in [1.807, 2.05) is 12.1 Å². The van der Waals surface area contributed by atoms with E-state index in [-0.39, 0.29) is 18.0 Å². The lowest BCUT2D eigenvalue weighted by molar-refractivity contribution is 0.429. The van der Waals surface area contributed by atoms with Crippen LogP contribution < -0.4 is 5.56 Å². The van der Waals surface area contributed by atoms with E-state index >= 15 is 0 Å². The highest BCUT2D eigenvalue weighted by molar-refractivity contribution is 6.30. The lowest BCUT2D eigenvalue weighted by Crippen LogP contribution is -2.22. The molecule has 0 saturated heterocycles. The Kier molecular flexibility index (Phi) is 4.70. The first-order chi connectivity index (χ1) is 13.6. The van der Waals surface area contributed by atoms with Crippen molar-refractivity contribution in [1.82, 2.24) is 19.9 Å². The highest BCUT2D eigenvalue weighted by Crippen LogP contribution is 2.22. The Labute approximate surface area is 164 Å². The second-order valence-corrected chi connectivity index (χ2v) is 6.40. The smallest absolute Gasteiger partial charge is 0.278 e. The first-order valence-corrected chi connectivity index (χ1v) is 8.67. The van der Waals surface area contributed by atoms with E-state index in [1.54, 1.807) is 36.4 Å². The number of benzene rings is 2. The SMILES string of the molecule is N#Cc1cccc(Cn2nc(-c3nc(-c4cccc(Cl)c4)no3)ccc2=O)c1. The predicted molar refractivity (Wildman–Crippen MR) is 102 cm³/mol. The molecule has 4 aromatic rings. The maximum Gasteiger partial charge on any atom is 0.278 e. The van der Waals surface area contributed by atoms with E-state index in [4.69, 9.17) is 21.4 Å². The maximum atomic E-state index is 12.2. The minimum Gasteiger partial charge on any atom is -0.332 e. The van der Waals surface area contributed by atoms with Crippen molar-refractivity contribution in [2.75, 3.05) is 0 Å². The van der Waals surface area contributed by atoms with Crippen molar-refractivity contribution in [3.63, 3.8) is 0 Å². The highest BCUT2D eigenvalue weighted by Gasteiger charge is 2.13. The van der Waals surface area contributed by atoms with Gasteiger partial charge in [0.15, 0.2) is 0 Å². The number of halogens is 1. The molecule has 4 rings (SSSR count). The van der Waals surface area contributed by atoms with Crippen LogP contribution in [0.3, 0.4) is 0 Å². The molecule has 0 unspecified atom stereocenters. The normalized spacial score (nSPS) is 10.6. The molecule has 0 aliphatic rings. The molecule has 0 aliphatic heterocycles. The van der Waals surface area contributed by atoms with Crippen molar-refractivity contribution >= 4 is 11.6 Å². The van der Waals surface area contributed by atoms with Crippen LogP contribution in [0.25, 0.3) is 23.0 Å². The van der Waals surface area contributed by atoms with E-state index in [2.05, 4.69) is 21.3 Å². The molecule has 0 saturated carbocycles. The summed E-state index contributed by atoms with van der Waals surface area (Å²) in [5, 5.41) is 17.9. The Morgan fingerprint density at radius 1 is 1.11 bits per heavy atom. The molecule has 0 spiro atoms. The Bertz CT molecular complexity index is 1260. The molecule has 0 N–H and O–H groups in total. The predicted octanol–water partition coefficient (Wildman–Crippen LogP) is 3.53. The Hall–Kier alpha value is -3.76. The fourth-order valence-corrected chi connectivity index (χ4v) is 2.85. The minimum absolute atomic E-state index is 0.189. The molecular weight excluding hydrogens is 378 g/mol. The maximum absolute atomic E-state index is 12.2. The lowest BCUT2D eigenvalue weighted by Gasteiger charge is -2.05. The van der Waals surface area contributed by atoms with Crippen LogP contribution in [0.15, 0.2) is 70.0 Å². The molecule has 0 atom stereocenters. The molecule has 0 aliphatic carbocycles. The van der Waals surface area contributed by atoms with Crippen molar-refractivity contribution in [2.45, 2.75) is 6.54 Å². The third-order valence-corrected chi connectivity index (χ3v) is 4.22. The molecular formula is C20H12ClN5O2. The highest BCUT2D eigenvalue weighted by atomic mass is 35.5. The van der Waals surface area contributed by atoms with E-state index in [1.165, 1.54) is 16.8 Å². The number of hydrogen-bond acceptors (Lipinski definition) is 6. The largest absolute Gasteiger partial charge is 0.332 e. The van der Waals surface area contributed by atoms with Gasteiger partial charge in [0.25, 0.3) is 11.4 Å². The lowest BCUT2D eigenvalue weighted by atomic mass is 10.1. The Morgan fingerprint density at radius 2 is 1.96 bits per heavy atom. The van der Waals surface area contributed by atoms with E-state index in [9.17, 15) is 4.79 Å². The van der Waals surface area contributed by atoms with Gasteiger partial charge in [-0.3, -0.25) is 4.79 Å². The van der Waals surface area contributed by atoms with Crippen LogP contribution in [0.5, 0.6) is 0 Å². The Morgan fingerprint density at radius 3 is 2.79 bits per heavy atom. The first-order valence-electron chi connectivity index (χ1n) is 8.29. The van der Waals surface area contributed by atoms with Crippen LogP contribution in [0.1, 0.15) is 11.1 Å². The molecule has 2 heterocycles. The van der Waals surface area contributed by atoms with Gasteiger partial charge in [0, 0.05) is 16.7 Å². The zero-order chi connectivity index (χ0) is 19.5. The summed E-state index contributed by atoms with van der Waals surface area (Å²) in [5.74, 6) is 0.563. The monoisotopic (exact) mass is 389 g/mol. The van der Waals surface area contributed by atoms with Crippen molar-refractivity contribution < 1.29 is 4.52 Å². The number of hydrogen-bond donors (Lipinski definition) is 0. The summed E-state index contributed by atoms with van der Waals surface area (Å²) < 4.78 is 6.59. The zero-order valence-electron chi connectivity index (χ0n) is 14.4. The number of nitrogens with zero attached hydrogens (tertiary/aromatic N) is 5. The van der Waals surface area contributed by atoms with Crippen LogP contribution in [0.4, 0.5) is 0 Å². The molecule has 2 aromatic carbocycles. The van der Waals surface area contributed by atoms with Gasteiger partial charge in [-0.05, 0) is 35.9 Å². The van der Waals surface area contributed by atoms with E-state index < -0.39 is 0 Å². The summed E-state index contributed by atoms with van der Waals surface area (Å²) in [7, 11) is 0. The first kappa shape index (κ1) is 17.6. The summed E-state index contributed by atoms with van der Waals surface area (Å²) in [4.78, 5) is 16.5. The fraction of sp³-hybridized carbons (Fsp3) is 0.0500. The Balaban J connectivity index is 1.66. The molecule has 2 aromatic heterocycles. The fourth-order valence-electron chi connectivity index (χ4n) is 2.66. The molecule has 0 fully saturated rings. The van der Waals surface area contributed by atoms with Gasteiger partial charge in [-0.2, -0.15) is 15.3 Å². The molecule has 0 radical (unpaired) electrons. The minimum atomic E-state index is -0.277. The molecule has 7 nitrogen and oxygen atoms in total. The van der Waals surface area contributed by atoms with E-state index in [0.717, 1.165) is 5.56 Å². The second-order valence-electron chi connectivity index (χ2n) is 5.96. The molecule has 0 bridgehead atoms. The van der Waals surface area contributed by atoms with Crippen molar-refractivity contribution in [2.24, 2.45) is 0 Å². The summed E-state index contributed by atoms with van der Waals surface area (Å²) in [5.41, 5.74) is 2.11. The van der Waals surface area contributed by atoms with Gasteiger partial charge in [-0.15, -0.1) is 0 Å². The third-order valence-electron chi connectivity index (χ3n) is 3.98. The van der Waals surface area contributed by atoms with Crippen molar-refractivity contribution in [1.29, 1.82) is 5.26 Å². The number of rotatable bonds is 4. The molecule has 28 heavy (non-hydrogen) atoms. The van der Waals surface area contributed by atoms with Crippen molar-refractivity contribution in [3.05, 3.63) is 87.2 Å². The van der Waals surface area contributed by atoms with Gasteiger partial charge in [-0.25, -0.2) is 4.68 Å². The number of aromatic nitrogens is 4. The van der Waals surface area contributed by atoms with Gasteiger partial charge >= 0.3 is 0 Å². The van der Waals surface area contributed by atoms with Crippen LogP contribution in [-0.2, 0) is 6.54 Å². The molecule has 136 valence electrons. The molecule has 8 heteroatoms. The van der Waals surface area contributed by atoms with Gasteiger partial charge in [0.1, 0.15) is 5.69 Å². The quantitative estimate of drug-likeness (QED) is 0.529. The molecule has 0 amide bonds. The summed E-state index contributed by atoms with van der Waals surface area (Å²) in [6.45, 7) is 0.220. The van der Waals surface area contributed by atoms with Gasteiger partial charge < -0.3 is 4.52 Å². The van der Waals surface area contributed by atoms with Gasteiger partial charge in [0.05, 0.1) is 18.2 Å². The van der Waals surface area contributed by atoms with Crippen LogP contribution in [-0.4, -0.2) is 19.9 Å². The van der Waals surface area contributed by atoms with Crippen molar-refractivity contribution in [3.8, 4) is 29.0 Å². The standard InChI is InChI=1S/C20H12ClN5O2/c21-16-6-2-5-15(10-16)19-23-20(28-25-19)17-7-8-18(27)26(24-17)12-14-4-1-3-13(9-14)11-22/h1-10H,12H2. The summed E-state index contributed by atoms with van der Waals surface area (Å²) >= 11 is 6.00. The zero-order valence-corrected chi connectivity index (χ0v) is 15.2. The second kappa shape index (κ2) is 7.47. The average molecular weight is 390 g/mol. The summed E-state index contributed by atoms with van der Waals surface area (Å²) in [6, 6.07) is 19.1. The van der Waals surface area contributed by atoms with Crippen LogP contribution in [0.2, 0.25) is 5.02 Å². The van der Waals surface area contributed by atoms with Crippen LogP contribution >= 0.6 is 11.6 Å². The third kappa shape index (κ3) is 3.68. The topological polar surface area (TPSA) is 97.6 Å². The summed E-state index contributed by atoms with van der Waals surface area (Å²) in [6.07, 6.45) is 0. The van der Waals surface area contributed by atoms with Gasteiger partial charge in [-0.1, -0.05) is 41.0 Å². The number of nitriles is 1. The van der Waals surface area contributed by atoms with E-state index in [0.29, 0.717) is 27.7 Å². The van der Waals surface area contributed by atoms with Gasteiger partial charge in [0.2, 0.25) is 5.82 Å².